The summed E-state index contributed by atoms with van der Waals surface area (Å²) < 4.78 is 13.3. The Morgan fingerprint density at radius 3 is 2.69 bits per heavy atom. The van der Waals surface area contributed by atoms with Crippen LogP contribution in [0.3, 0.4) is 0 Å². The van der Waals surface area contributed by atoms with Crippen molar-refractivity contribution in [2.24, 2.45) is 0 Å². The number of hydrogen-bond acceptors (Lipinski definition) is 2. The molecule has 70 valence electrons. The maximum absolute atomic E-state index is 13.3. The molecule has 0 aromatic heterocycles. The number of aromatic carboxylic acids is 1. The summed E-state index contributed by atoms with van der Waals surface area (Å²) in [5.41, 5.74) is 0.591. The minimum Gasteiger partial charge on any atom is -0.478 e. The van der Waals surface area contributed by atoms with Gasteiger partial charge in [-0.05, 0) is 24.1 Å². The molecule has 0 heterocycles. The van der Waals surface area contributed by atoms with Gasteiger partial charge in [0.05, 0.1) is 5.56 Å². The molecule has 0 bridgehead atoms. The third kappa shape index (κ3) is 1.83. The molecule has 0 saturated carbocycles. The second-order valence-corrected chi connectivity index (χ2v) is 2.99. The topological polar surface area (TPSA) is 37.3 Å². The van der Waals surface area contributed by atoms with Crippen LogP contribution in [0.5, 0.6) is 0 Å². The summed E-state index contributed by atoms with van der Waals surface area (Å²) in [5, 5.41) is 8.67. The highest BCUT2D eigenvalue weighted by Gasteiger charge is 2.12. The van der Waals surface area contributed by atoms with Gasteiger partial charge < -0.3 is 5.11 Å². The van der Waals surface area contributed by atoms with Crippen molar-refractivity contribution in [2.75, 3.05) is 0 Å². The van der Waals surface area contributed by atoms with Gasteiger partial charge in [-0.3, -0.25) is 0 Å². The van der Waals surface area contributed by atoms with Crippen LogP contribution in [-0.4, -0.2) is 11.1 Å². The fourth-order valence-electron chi connectivity index (χ4n) is 1.09. The fourth-order valence-corrected chi connectivity index (χ4v) is 1.34. The Kier molecular flexibility index (Phi) is 2.93. The molecule has 0 saturated heterocycles. The van der Waals surface area contributed by atoms with E-state index < -0.39 is 11.8 Å². The van der Waals surface area contributed by atoms with Gasteiger partial charge in [0.1, 0.15) is 5.82 Å². The quantitative estimate of drug-likeness (QED) is 0.718. The van der Waals surface area contributed by atoms with Crippen LogP contribution in [0.2, 0.25) is 0 Å². The summed E-state index contributed by atoms with van der Waals surface area (Å²) in [5.74, 6) is -1.32. The molecule has 1 aromatic carbocycles. The summed E-state index contributed by atoms with van der Waals surface area (Å²) in [4.78, 5) is 10.6. The Morgan fingerprint density at radius 2 is 2.23 bits per heavy atom. The maximum atomic E-state index is 13.3. The van der Waals surface area contributed by atoms with Crippen LogP contribution >= 0.6 is 12.6 Å². The molecule has 0 radical (unpaired) electrons. The lowest BCUT2D eigenvalue weighted by atomic mass is 10.1. The molecular formula is C9H9FO2S. The Bertz CT molecular complexity index is 350. The highest BCUT2D eigenvalue weighted by molar-refractivity contribution is 7.79. The average molecular weight is 200 g/mol. The Labute approximate surface area is 80.8 Å². The second-order valence-electron chi connectivity index (χ2n) is 2.67. The van der Waals surface area contributed by atoms with Gasteiger partial charge in [0, 0.05) is 5.75 Å². The van der Waals surface area contributed by atoms with Crippen LogP contribution in [0.25, 0.3) is 0 Å². The van der Waals surface area contributed by atoms with Crippen molar-refractivity contribution >= 4 is 18.6 Å². The van der Waals surface area contributed by atoms with Crippen molar-refractivity contribution < 1.29 is 14.3 Å². The molecule has 0 aliphatic rings. The lowest BCUT2D eigenvalue weighted by Gasteiger charge is -2.05. The number of carbonyl (C=O) groups is 1. The molecule has 0 amide bonds. The second kappa shape index (κ2) is 3.79. The molecule has 1 aromatic rings. The Morgan fingerprint density at radius 1 is 1.62 bits per heavy atom. The van der Waals surface area contributed by atoms with Crippen molar-refractivity contribution in [1.29, 1.82) is 0 Å². The van der Waals surface area contributed by atoms with Gasteiger partial charge in [-0.15, -0.1) is 0 Å². The summed E-state index contributed by atoms with van der Waals surface area (Å²) >= 11 is 3.93. The van der Waals surface area contributed by atoms with E-state index in [9.17, 15) is 9.18 Å². The average Bonchev–Trinajstić information content (AvgIpc) is 2.09. The van der Waals surface area contributed by atoms with Crippen molar-refractivity contribution in [2.45, 2.75) is 12.7 Å². The van der Waals surface area contributed by atoms with E-state index in [1.165, 1.54) is 19.1 Å². The minimum atomic E-state index is -1.11. The lowest BCUT2D eigenvalue weighted by molar-refractivity contribution is 0.0695. The summed E-state index contributed by atoms with van der Waals surface area (Å²) in [6.45, 7) is 1.45. The molecule has 4 heteroatoms. The van der Waals surface area contributed by atoms with Gasteiger partial charge in [-0.2, -0.15) is 12.6 Å². The van der Waals surface area contributed by atoms with Gasteiger partial charge in [0.15, 0.2) is 0 Å². The van der Waals surface area contributed by atoms with Crippen molar-refractivity contribution in [3.63, 3.8) is 0 Å². The maximum Gasteiger partial charge on any atom is 0.336 e. The van der Waals surface area contributed by atoms with Gasteiger partial charge in [-0.1, -0.05) is 6.07 Å². The number of hydrogen-bond donors (Lipinski definition) is 2. The standard InChI is InChI=1S/C9H9FO2S/c1-5-7(9(11)12)3-2-6(4-13)8(5)10/h2-3,13H,4H2,1H3,(H,11,12). The monoisotopic (exact) mass is 200 g/mol. The normalized spacial score (nSPS) is 10.1. The number of carboxylic acids is 1. The van der Waals surface area contributed by atoms with Crippen LogP contribution in [0.15, 0.2) is 12.1 Å². The summed E-state index contributed by atoms with van der Waals surface area (Å²) in [7, 11) is 0. The Hall–Kier alpha value is -1.03. The predicted octanol–water partition coefficient (Wildman–Crippen LogP) is 2.26. The molecule has 0 aliphatic carbocycles. The smallest absolute Gasteiger partial charge is 0.336 e. The zero-order valence-corrected chi connectivity index (χ0v) is 7.94. The molecule has 0 fully saturated rings. The van der Waals surface area contributed by atoms with Crippen molar-refractivity contribution in [3.05, 3.63) is 34.6 Å². The zero-order valence-electron chi connectivity index (χ0n) is 7.04. The van der Waals surface area contributed by atoms with Gasteiger partial charge in [0.25, 0.3) is 0 Å². The van der Waals surface area contributed by atoms with Crippen LogP contribution in [-0.2, 0) is 5.75 Å². The first kappa shape index (κ1) is 10.1. The number of thiol groups is 1. The molecule has 13 heavy (non-hydrogen) atoms. The van der Waals surface area contributed by atoms with Crippen molar-refractivity contribution in [1.82, 2.24) is 0 Å². The van der Waals surface area contributed by atoms with E-state index in [0.29, 0.717) is 5.56 Å². The number of carboxylic acid groups (broad SMARTS) is 1. The summed E-state index contributed by atoms with van der Waals surface area (Å²) in [6.07, 6.45) is 0. The lowest BCUT2D eigenvalue weighted by Crippen LogP contribution is -2.03. The minimum absolute atomic E-state index is 0.00281. The van der Waals surface area contributed by atoms with E-state index in [0.717, 1.165) is 0 Å². The molecular weight excluding hydrogens is 191 g/mol. The van der Waals surface area contributed by atoms with Gasteiger partial charge >= 0.3 is 5.97 Å². The molecule has 0 aliphatic heterocycles. The van der Waals surface area contributed by atoms with Crippen molar-refractivity contribution in [3.8, 4) is 0 Å². The summed E-state index contributed by atoms with van der Waals surface area (Å²) in [6, 6.07) is 2.84. The van der Waals surface area contributed by atoms with Gasteiger partial charge in [-0.25, -0.2) is 9.18 Å². The third-order valence-electron chi connectivity index (χ3n) is 1.87. The first-order chi connectivity index (χ1) is 6.07. The van der Waals surface area contributed by atoms with E-state index in [1.807, 2.05) is 0 Å². The predicted molar refractivity (Wildman–Crippen MR) is 50.8 cm³/mol. The Balaban J connectivity index is 3.31. The van der Waals surface area contributed by atoms with Crippen LogP contribution in [0.1, 0.15) is 21.5 Å². The number of halogens is 1. The largest absolute Gasteiger partial charge is 0.478 e. The van der Waals surface area contributed by atoms with Crippen LogP contribution in [0, 0.1) is 12.7 Å². The molecule has 2 nitrogen and oxygen atoms in total. The van der Waals surface area contributed by atoms with Gasteiger partial charge in [0.2, 0.25) is 0 Å². The zero-order chi connectivity index (χ0) is 10.0. The van der Waals surface area contributed by atoms with E-state index in [2.05, 4.69) is 12.6 Å². The van der Waals surface area contributed by atoms with Crippen LogP contribution < -0.4 is 0 Å². The first-order valence-electron chi connectivity index (χ1n) is 3.70. The first-order valence-corrected chi connectivity index (χ1v) is 4.33. The number of rotatable bonds is 2. The van der Waals surface area contributed by atoms with E-state index >= 15 is 0 Å². The molecule has 0 atom stereocenters. The number of benzene rings is 1. The van der Waals surface area contributed by atoms with E-state index in [4.69, 9.17) is 5.11 Å². The SMILES string of the molecule is Cc1c(C(=O)O)ccc(CS)c1F. The molecule has 0 spiro atoms. The molecule has 1 rings (SSSR count). The highest BCUT2D eigenvalue weighted by atomic mass is 32.1. The highest BCUT2D eigenvalue weighted by Crippen LogP contribution is 2.18. The van der Waals surface area contributed by atoms with E-state index in [1.54, 1.807) is 0 Å². The third-order valence-corrected chi connectivity index (χ3v) is 2.21. The molecule has 1 N–H and O–H groups in total. The van der Waals surface area contributed by atoms with Crippen LogP contribution in [0.4, 0.5) is 4.39 Å². The molecule has 0 unspecified atom stereocenters. The fraction of sp³-hybridized carbons (Fsp3) is 0.222. The van der Waals surface area contributed by atoms with E-state index in [-0.39, 0.29) is 16.9 Å².